The highest BCUT2D eigenvalue weighted by molar-refractivity contribution is 9.10. The number of hydrogen-bond donors (Lipinski definition) is 1. The molecule has 0 bridgehead atoms. The molecule has 1 aromatic carbocycles. The predicted octanol–water partition coefficient (Wildman–Crippen LogP) is 5.11. The molecule has 3 heterocycles. The van der Waals surface area contributed by atoms with Crippen molar-refractivity contribution in [3.05, 3.63) is 40.8 Å². The van der Waals surface area contributed by atoms with Gasteiger partial charge >= 0.3 is 15.8 Å². The Morgan fingerprint density at radius 3 is 2.70 bits per heavy atom. The largest absolute Gasteiger partial charge is 0.499 e. The number of nitrogens with zero attached hydrogens (tertiary/aromatic N) is 2. The summed E-state index contributed by atoms with van der Waals surface area (Å²) in [7, 11) is 0.370. The monoisotopic (exact) mass is 490 g/mol. The van der Waals surface area contributed by atoms with Crippen molar-refractivity contribution < 1.29 is 18.4 Å². The van der Waals surface area contributed by atoms with Gasteiger partial charge in [0.1, 0.15) is 11.6 Å². The van der Waals surface area contributed by atoms with E-state index in [1.165, 1.54) is 0 Å². The SMILES string of the molecule is C[Si][N+]1(C(=O)OC(C)(C)C)CC2(CCOC2)CC1c1ncc(-c2ccc(Br)cc2)[nH]1. The Morgan fingerprint density at radius 2 is 2.10 bits per heavy atom. The van der Waals surface area contributed by atoms with Crippen LogP contribution in [-0.4, -0.2) is 55.3 Å². The maximum absolute atomic E-state index is 13.5. The summed E-state index contributed by atoms with van der Waals surface area (Å²) in [5.41, 5.74) is 1.51. The van der Waals surface area contributed by atoms with Crippen molar-refractivity contribution in [2.75, 3.05) is 19.8 Å². The normalized spacial score (nSPS) is 28.9. The van der Waals surface area contributed by atoms with E-state index in [-0.39, 0.29) is 21.7 Å². The van der Waals surface area contributed by atoms with Crippen LogP contribution in [0.3, 0.4) is 0 Å². The van der Waals surface area contributed by atoms with Gasteiger partial charge in [0.05, 0.1) is 30.5 Å². The highest BCUT2D eigenvalue weighted by Crippen LogP contribution is 2.52. The van der Waals surface area contributed by atoms with Crippen molar-refractivity contribution in [3.63, 3.8) is 0 Å². The van der Waals surface area contributed by atoms with E-state index in [0.717, 1.165) is 47.5 Å². The number of halogens is 1. The summed E-state index contributed by atoms with van der Waals surface area (Å²) in [6, 6.07) is 8.09. The average Bonchev–Trinajstić information content (AvgIpc) is 3.40. The first kappa shape index (κ1) is 21.7. The number of likely N-dealkylation sites (tertiary alicyclic amines) is 1. The quantitative estimate of drug-likeness (QED) is 0.607. The zero-order valence-corrected chi connectivity index (χ0v) is 20.6. The van der Waals surface area contributed by atoms with Crippen LogP contribution >= 0.6 is 15.9 Å². The fourth-order valence-corrected chi connectivity index (χ4v) is 6.17. The average molecular weight is 491 g/mol. The number of aromatic amines is 1. The van der Waals surface area contributed by atoms with Gasteiger partial charge in [-0.15, -0.1) is 0 Å². The Morgan fingerprint density at radius 1 is 1.37 bits per heavy atom. The molecule has 1 aromatic heterocycles. The van der Waals surface area contributed by atoms with Gasteiger partial charge < -0.3 is 14.5 Å². The van der Waals surface area contributed by atoms with Crippen LogP contribution in [0.4, 0.5) is 4.79 Å². The third-order valence-corrected chi connectivity index (χ3v) is 8.09. The predicted molar refractivity (Wildman–Crippen MR) is 120 cm³/mol. The molecule has 0 saturated carbocycles. The molecular weight excluding hydrogens is 462 g/mol. The third kappa shape index (κ3) is 4.02. The first-order valence-corrected chi connectivity index (χ1v) is 12.6. The highest BCUT2D eigenvalue weighted by atomic mass is 79.9. The maximum Gasteiger partial charge on any atom is 0.499 e. The van der Waals surface area contributed by atoms with Crippen molar-refractivity contribution in [1.82, 2.24) is 9.97 Å². The van der Waals surface area contributed by atoms with E-state index in [9.17, 15) is 4.79 Å². The lowest BCUT2D eigenvalue weighted by atomic mass is 9.85. The van der Waals surface area contributed by atoms with Gasteiger partial charge in [-0.05, 0) is 51.4 Å². The number of imidazole rings is 1. The molecule has 160 valence electrons. The molecule has 2 saturated heterocycles. The second kappa shape index (κ2) is 7.89. The number of rotatable bonds is 3. The molecule has 2 aliphatic heterocycles. The smallest absolute Gasteiger partial charge is 0.416 e. The number of carbonyl (C=O) groups is 1. The molecule has 1 spiro atoms. The minimum Gasteiger partial charge on any atom is -0.416 e. The number of quaternary nitrogens is 1. The van der Waals surface area contributed by atoms with Crippen LogP contribution in [0.25, 0.3) is 11.3 Å². The van der Waals surface area contributed by atoms with Gasteiger partial charge in [-0.25, -0.2) is 4.98 Å². The number of benzene rings is 1. The number of carbonyl (C=O) groups excluding carboxylic acids is 1. The number of amides is 1. The number of aromatic nitrogens is 2. The Hall–Kier alpha value is -1.48. The lowest BCUT2D eigenvalue weighted by Crippen LogP contribution is -2.57. The topological polar surface area (TPSA) is 64.2 Å². The molecule has 2 aliphatic rings. The summed E-state index contributed by atoms with van der Waals surface area (Å²) in [6.45, 7) is 10.1. The van der Waals surface area contributed by atoms with E-state index >= 15 is 0 Å². The summed E-state index contributed by atoms with van der Waals surface area (Å²) >= 11 is 3.48. The first-order valence-electron chi connectivity index (χ1n) is 10.4. The minimum atomic E-state index is -0.528. The summed E-state index contributed by atoms with van der Waals surface area (Å²) < 4.78 is 13.0. The number of H-pyrrole nitrogens is 1. The summed E-state index contributed by atoms with van der Waals surface area (Å²) in [5, 5.41) is 0. The Bertz CT molecular complexity index is 918. The fourth-order valence-electron chi connectivity index (χ4n) is 4.65. The van der Waals surface area contributed by atoms with Crippen LogP contribution in [0.5, 0.6) is 0 Å². The molecule has 2 aromatic rings. The third-order valence-electron chi connectivity index (χ3n) is 6.11. The Balaban J connectivity index is 1.71. The highest BCUT2D eigenvalue weighted by Gasteiger charge is 2.62. The van der Waals surface area contributed by atoms with Crippen molar-refractivity contribution >= 4 is 31.7 Å². The van der Waals surface area contributed by atoms with Gasteiger partial charge in [0.25, 0.3) is 0 Å². The molecule has 8 heteroatoms. The molecule has 6 nitrogen and oxygen atoms in total. The van der Waals surface area contributed by atoms with E-state index in [1.807, 2.05) is 39.1 Å². The zero-order valence-electron chi connectivity index (χ0n) is 18.0. The molecule has 2 fully saturated rings. The lowest BCUT2D eigenvalue weighted by Gasteiger charge is -2.37. The van der Waals surface area contributed by atoms with E-state index in [2.05, 4.69) is 39.6 Å². The van der Waals surface area contributed by atoms with Crippen molar-refractivity contribution in [1.29, 1.82) is 0 Å². The van der Waals surface area contributed by atoms with E-state index in [4.69, 9.17) is 14.5 Å². The Labute approximate surface area is 189 Å². The van der Waals surface area contributed by atoms with E-state index in [0.29, 0.717) is 16.3 Å². The van der Waals surface area contributed by atoms with Crippen molar-refractivity contribution in [2.45, 2.75) is 51.8 Å². The Kier molecular flexibility index (Phi) is 5.72. The van der Waals surface area contributed by atoms with E-state index < -0.39 is 5.60 Å². The number of nitrogens with one attached hydrogen (secondary N) is 1. The van der Waals surface area contributed by atoms with Crippen molar-refractivity contribution in [3.8, 4) is 11.3 Å². The standard InChI is InChI=1S/C22H29BrN3O3Si/c1-21(2,3)29-20(27)26(30-4)13-22(9-10-28-14-22)11-18(26)19-24-12-17(25-19)15-5-7-16(23)8-6-15/h5-8,12,18H,9-11,13-14H2,1-4H3,(H,24,25)/q+1. The second-order valence-electron chi connectivity index (χ2n) is 9.44. The molecule has 0 aliphatic carbocycles. The maximum atomic E-state index is 13.5. The molecule has 3 atom stereocenters. The molecule has 30 heavy (non-hydrogen) atoms. The molecule has 1 amide bonds. The van der Waals surface area contributed by atoms with Crippen molar-refractivity contribution in [2.24, 2.45) is 5.41 Å². The first-order chi connectivity index (χ1) is 14.2. The van der Waals surface area contributed by atoms with Gasteiger partial charge in [-0.3, -0.25) is 4.15 Å². The second-order valence-corrected chi connectivity index (χ2v) is 11.6. The van der Waals surface area contributed by atoms with Crippen LogP contribution < -0.4 is 0 Å². The van der Waals surface area contributed by atoms with Crippen LogP contribution in [0.15, 0.2) is 34.9 Å². The fraction of sp³-hybridized carbons (Fsp3) is 0.545. The van der Waals surface area contributed by atoms with Gasteiger partial charge in [0.15, 0.2) is 5.82 Å². The molecular formula is C22H29BrN3O3Si+. The van der Waals surface area contributed by atoms with Crippen LogP contribution in [0.2, 0.25) is 6.55 Å². The lowest BCUT2D eigenvalue weighted by molar-refractivity contribution is -0.771. The molecule has 4 rings (SSSR count). The van der Waals surface area contributed by atoms with Crippen LogP contribution in [-0.2, 0) is 9.47 Å². The van der Waals surface area contributed by atoms with E-state index in [1.54, 1.807) is 0 Å². The van der Waals surface area contributed by atoms with Gasteiger partial charge in [0.2, 0.25) is 0 Å². The summed E-state index contributed by atoms with van der Waals surface area (Å²) in [6.07, 6.45) is 3.58. The molecule has 3 unspecified atom stereocenters. The van der Waals surface area contributed by atoms with Crippen LogP contribution in [0, 0.1) is 5.41 Å². The summed E-state index contributed by atoms with van der Waals surface area (Å²) in [4.78, 5) is 21.8. The van der Waals surface area contributed by atoms with Gasteiger partial charge in [0, 0.05) is 17.5 Å². The summed E-state index contributed by atoms with van der Waals surface area (Å²) in [5.74, 6) is 0.858. The number of ether oxygens (including phenoxy) is 2. The van der Waals surface area contributed by atoms with Gasteiger partial charge in [-0.2, -0.15) is 4.79 Å². The number of hydrogen-bond acceptors (Lipinski definition) is 4. The van der Waals surface area contributed by atoms with Crippen LogP contribution in [0.1, 0.15) is 45.5 Å². The molecule has 2 radical (unpaired) electrons. The zero-order chi connectivity index (χ0) is 21.6. The van der Waals surface area contributed by atoms with Gasteiger partial charge in [-0.1, -0.05) is 28.1 Å². The molecule has 1 N–H and O–H groups in total. The minimum absolute atomic E-state index is 0.00907.